The molecule has 0 fully saturated rings. The summed E-state index contributed by atoms with van der Waals surface area (Å²) in [6.07, 6.45) is 1.15. The number of hydrogen-bond donors (Lipinski definition) is 1. The van der Waals surface area contributed by atoms with Crippen LogP contribution in [-0.2, 0) is 5.41 Å². The van der Waals surface area contributed by atoms with Crippen LogP contribution in [0.25, 0.3) is 0 Å². The topological polar surface area (TPSA) is 12.0 Å². The molecule has 0 saturated carbocycles. The first-order valence-corrected chi connectivity index (χ1v) is 8.70. The lowest BCUT2D eigenvalue weighted by molar-refractivity contribution is 0.548. The summed E-state index contributed by atoms with van der Waals surface area (Å²) >= 11 is 1.83. The molecular weight excluding hydrogens is 274 g/mol. The average Bonchev–Trinajstić information content (AvgIpc) is 2.85. The summed E-state index contributed by atoms with van der Waals surface area (Å²) in [6.45, 7) is 12.4. The third-order valence-corrected chi connectivity index (χ3v) is 4.75. The summed E-state index contributed by atoms with van der Waals surface area (Å²) < 4.78 is 0. The van der Waals surface area contributed by atoms with Gasteiger partial charge >= 0.3 is 0 Å². The molecule has 2 aromatic rings. The zero-order chi connectivity index (χ0) is 15.5. The zero-order valence-corrected chi connectivity index (χ0v) is 14.7. The highest BCUT2D eigenvalue weighted by atomic mass is 32.1. The van der Waals surface area contributed by atoms with Crippen LogP contribution in [0, 0.1) is 6.92 Å². The largest absolute Gasteiger partial charge is 0.306 e. The van der Waals surface area contributed by atoms with Gasteiger partial charge in [-0.3, -0.25) is 0 Å². The predicted molar refractivity (Wildman–Crippen MR) is 94.3 cm³/mol. The Morgan fingerprint density at radius 3 is 2.38 bits per heavy atom. The first-order chi connectivity index (χ1) is 9.95. The minimum Gasteiger partial charge on any atom is -0.306 e. The second-order valence-electron chi connectivity index (χ2n) is 6.66. The Hall–Kier alpha value is -1.12. The fraction of sp³-hybridized carbons (Fsp3) is 0.474. The van der Waals surface area contributed by atoms with Gasteiger partial charge in [-0.25, -0.2) is 0 Å². The van der Waals surface area contributed by atoms with Crippen molar-refractivity contribution in [2.75, 3.05) is 6.54 Å². The normalized spacial score (nSPS) is 13.4. The van der Waals surface area contributed by atoms with Crippen LogP contribution in [0.1, 0.15) is 61.7 Å². The molecule has 1 heterocycles. The lowest BCUT2D eigenvalue weighted by Crippen LogP contribution is -2.26. The Balaban J connectivity index is 2.50. The molecule has 0 bridgehead atoms. The molecule has 0 spiro atoms. The van der Waals surface area contributed by atoms with E-state index in [4.69, 9.17) is 0 Å². The van der Waals surface area contributed by atoms with Gasteiger partial charge in [-0.2, -0.15) is 0 Å². The van der Waals surface area contributed by atoms with E-state index in [1.165, 1.54) is 21.6 Å². The molecule has 1 unspecified atom stereocenters. The quantitative estimate of drug-likeness (QED) is 0.775. The maximum atomic E-state index is 3.75. The summed E-state index contributed by atoms with van der Waals surface area (Å²) in [6, 6.07) is 11.4. The van der Waals surface area contributed by atoms with Crippen molar-refractivity contribution in [3.05, 3.63) is 57.3 Å². The Labute approximate surface area is 133 Å². The molecule has 0 radical (unpaired) electrons. The van der Waals surface area contributed by atoms with Crippen LogP contribution in [0.3, 0.4) is 0 Å². The van der Waals surface area contributed by atoms with Gasteiger partial charge in [0.15, 0.2) is 0 Å². The van der Waals surface area contributed by atoms with Crippen molar-refractivity contribution in [1.82, 2.24) is 5.32 Å². The molecule has 2 rings (SSSR count). The minimum atomic E-state index is 0.159. The Bertz CT molecular complexity index is 577. The minimum absolute atomic E-state index is 0.159. The Kier molecular flexibility index (Phi) is 5.23. The fourth-order valence-corrected chi connectivity index (χ4v) is 3.54. The van der Waals surface area contributed by atoms with E-state index in [2.05, 4.69) is 75.6 Å². The monoisotopic (exact) mass is 301 g/mol. The van der Waals surface area contributed by atoms with E-state index in [1.54, 1.807) is 0 Å². The van der Waals surface area contributed by atoms with Crippen LogP contribution < -0.4 is 5.32 Å². The standard InChI is InChI=1S/C19H27NS/c1-6-12-20-18(15-11-13-21-14(15)2)16-9-7-8-10-17(16)19(3,4)5/h7-11,13,18,20H,6,12H2,1-5H3. The number of thiophene rings is 1. The SMILES string of the molecule is CCCNC(c1ccccc1C(C)(C)C)c1ccsc1C. The van der Waals surface area contributed by atoms with Gasteiger partial charge in [0.2, 0.25) is 0 Å². The van der Waals surface area contributed by atoms with Crippen molar-refractivity contribution in [2.24, 2.45) is 0 Å². The van der Waals surface area contributed by atoms with E-state index in [-0.39, 0.29) is 5.41 Å². The second-order valence-corrected chi connectivity index (χ2v) is 7.78. The van der Waals surface area contributed by atoms with Crippen LogP contribution in [0.4, 0.5) is 0 Å². The second kappa shape index (κ2) is 6.76. The van der Waals surface area contributed by atoms with Crippen molar-refractivity contribution >= 4 is 11.3 Å². The van der Waals surface area contributed by atoms with Crippen LogP contribution in [-0.4, -0.2) is 6.54 Å². The molecule has 1 atom stereocenters. The van der Waals surface area contributed by atoms with Gasteiger partial charge in [0, 0.05) is 4.88 Å². The molecule has 0 saturated heterocycles. The molecule has 0 amide bonds. The highest BCUT2D eigenvalue weighted by Crippen LogP contribution is 2.35. The molecule has 1 nitrogen and oxygen atoms in total. The lowest BCUT2D eigenvalue weighted by Gasteiger charge is -2.28. The number of hydrogen-bond acceptors (Lipinski definition) is 2. The zero-order valence-electron chi connectivity index (χ0n) is 13.9. The van der Waals surface area contributed by atoms with E-state index in [0.29, 0.717) is 6.04 Å². The van der Waals surface area contributed by atoms with Crippen LogP contribution in [0.2, 0.25) is 0 Å². The van der Waals surface area contributed by atoms with Crippen molar-refractivity contribution in [3.8, 4) is 0 Å². The maximum absolute atomic E-state index is 3.75. The maximum Gasteiger partial charge on any atom is 0.0590 e. The molecule has 0 aliphatic rings. The molecule has 0 aliphatic heterocycles. The van der Waals surface area contributed by atoms with Crippen LogP contribution in [0.5, 0.6) is 0 Å². The molecule has 21 heavy (non-hydrogen) atoms. The fourth-order valence-electron chi connectivity index (χ4n) is 2.80. The predicted octanol–water partition coefficient (Wildman–Crippen LogP) is 5.44. The molecule has 1 aromatic carbocycles. The first kappa shape index (κ1) is 16.3. The van der Waals surface area contributed by atoms with Crippen molar-refractivity contribution in [2.45, 2.75) is 52.5 Å². The molecule has 2 heteroatoms. The van der Waals surface area contributed by atoms with E-state index < -0.39 is 0 Å². The number of aryl methyl sites for hydroxylation is 1. The summed E-state index contributed by atoms with van der Waals surface area (Å²) in [4.78, 5) is 1.41. The number of rotatable bonds is 5. The van der Waals surface area contributed by atoms with Gasteiger partial charge in [-0.05, 0) is 53.4 Å². The lowest BCUT2D eigenvalue weighted by atomic mass is 9.80. The third-order valence-electron chi connectivity index (χ3n) is 3.89. The van der Waals surface area contributed by atoms with E-state index in [9.17, 15) is 0 Å². The van der Waals surface area contributed by atoms with Gasteiger partial charge in [-0.15, -0.1) is 11.3 Å². The van der Waals surface area contributed by atoms with E-state index in [0.717, 1.165) is 13.0 Å². The van der Waals surface area contributed by atoms with Gasteiger partial charge in [0.1, 0.15) is 0 Å². The highest BCUT2D eigenvalue weighted by Gasteiger charge is 2.24. The first-order valence-electron chi connectivity index (χ1n) is 7.82. The molecular formula is C19H27NS. The molecule has 1 aromatic heterocycles. The van der Waals surface area contributed by atoms with Gasteiger partial charge in [0.05, 0.1) is 6.04 Å². The summed E-state index contributed by atoms with van der Waals surface area (Å²) in [5.74, 6) is 0. The van der Waals surface area contributed by atoms with Crippen LogP contribution in [0.15, 0.2) is 35.7 Å². The van der Waals surface area contributed by atoms with E-state index in [1.807, 2.05) is 11.3 Å². The third kappa shape index (κ3) is 3.75. The average molecular weight is 301 g/mol. The van der Waals surface area contributed by atoms with Crippen molar-refractivity contribution in [1.29, 1.82) is 0 Å². The summed E-state index contributed by atoms with van der Waals surface area (Å²) in [5.41, 5.74) is 4.43. The van der Waals surface area contributed by atoms with Gasteiger partial charge in [0.25, 0.3) is 0 Å². The Morgan fingerprint density at radius 2 is 1.81 bits per heavy atom. The molecule has 1 N–H and O–H groups in total. The number of nitrogens with one attached hydrogen (secondary N) is 1. The summed E-state index contributed by atoms with van der Waals surface area (Å²) in [5, 5.41) is 5.95. The molecule has 114 valence electrons. The van der Waals surface area contributed by atoms with Crippen molar-refractivity contribution < 1.29 is 0 Å². The Morgan fingerprint density at radius 1 is 1.10 bits per heavy atom. The molecule has 0 aliphatic carbocycles. The van der Waals surface area contributed by atoms with Gasteiger partial charge < -0.3 is 5.32 Å². The highest BCUT2D eigenvalue weighted by molar-refractivity contribution is 7.10. The number of benzene rings is 1. The van der Waals surface area contributed by atoms with E-state index >= 15 is 0 Å². The van der Waals surface area contributed by atoms with Gasteiger partial charge in [-0.1, -0.05) is 52.0 Å². The van der Waals surface area contributed by atoms with Crippen LogP contribution >= 0.6 is 11.3 Å². The van der Waals surface area contributed by atoms with Crippen molar-refractivity contribution in [3.63, 3.8) is 0 Å². The smallest absolute Gasteiger partial charge is 0.0590 e. The summed E-state index contributed by atoms with van der Waals surface area (Å²) in [7, 11) is 0.